The molecular weight excluding hydrogens is 439 g/mol. The fourth-order valence-electron chi connectivity index (χ4n) is 4.15. The van der Waals surface area contributed by atoms with Crippen LogP contribution in [0.15, 0.2) is 60.8 Å². The van der Waals surface area contributed by atoms with E-state index in [1.54, 1.807) is 36.5 Å². The molecule has 5 rings (SSSR count). The van der Waals surface area contributed by atoms with Gasteiger partial charge in [0.15, 0.2) is 0 Å². The van der Waals surface area contributed by atoms with Crippen molar-refractivity contribution in [1.82, 2.24) is 9.36 Å². The number of nitrogens with zero attached hydrogens (tertiary/aromatic N) is 3. The van der Waals surface area contributed by atoms with Crippen LogP contribution in [0.1, 0.15) is 27.2 Å². The van der Waals surface area contributed by atoms with E-state index in [0.717, 1.165) is 21.7 Å². The first-order valence-electron chi connectivity index (χ1n) is 10.5. The van der Waals surface area contributed by atoms with Gasteiger partial charge in [-0.15, -0.1) is 0 Å². The van der Waals surface area contributed by atoms with E-state index in [9.17, 15) is 14.3 Å². The molecule has 1 aliphatic rings. The largest absolute Gasteiger partial charge is 0.508 e. The zero-order valence-electron chi connectivity index (χ0n) is 17.9. The number of aromatic hydroxyl groups is 1. The maximum absolute atomic E-state index is 14.4. The van der Waals surface area contributed by atoms with Crippen molar-refractivity contribution in [2.24, 2.45) is 0 Å². The third kappa shape index (κ3) is 4.05. The standard InChI is InChI=1S/C25H21FN4O2S/c1-15-5-2-7-18(26)23(15)19-8-4-9-20(28-19)24(32)29-21-13-27-33-25(21)30-12-11-17-16(14-30)6-3-10-22(17)31/h2-10,13,31H,11-12,14H2,1H3,(H,29,32). The highest BCUT2D eigenvalue weighted by Gasteiger charge is 2.23. The number of aromatic nitrogens is 2. The van der Waals surface area contributed by atoms with Gasteiger partial charge in [-0.1, -0.05) is 30.3 Å². The van der Waals surface area contributed by atoms with Gasteiger partial charge in [0.2, 0.25) is 0 Å². The van der Waals surface area contributed by atoms with E-state index in [-0.39, 0.29) is 17.4 Å². The van der Waals surface area contributed by atoms with Gasteiger partial charge in [0.25, 0.3) is 5.91 Å². The number of hydrogen-bond acceptors (Lipinski definition) is 6. The zero-order valence-corrected chi connectivity index (χ0v) is 18.7. The second-order valence-corrected chi connectivity index (χ2v) is 8.71. The van der Waals surface area contributed by atoms with Gasteiger partial charge in [0.05, 0.1) is 17.6 Å². The zero-order chi connectivity index (χ0) is 22.9. The van der Waals surface area contributed by atoms with Crippen LogP contribution in [0.4, 0.5) is 15.1 Å². The molecule has 0 saturated carbocycles. The number of nitrogens with one attached hydrogen (secondary N) is 1. The summed E-state index contributed by atoms with van der Waals surface area (Å²) in [5.74, 6) is -0.441. The van der Waals surface area contributed by atoms with Crippen LogP contribution in [0, 0.1) is 12.7 Å². The van der Waals surface area contributed by atoms with E-state index in [1.165, 1.54) is 17.6 Å². The van der Waals surface area contributed by atoms with Gasteiger partial charge in [-0.2, -0.15) is 4.37 Å². The molecule has 1 aliphatic heterocycles. The lowest BCUT2D eigenvalue weighted by Gasteiger charge is -2.30. The number of anilines is 2. The second-order valence-electron chi connectivity index (χ2n) is 7.92. The topological polar surface area (TPSA) is 78.4 Å². The van der Waals surface area contributed by atoms with Gasteiger partial charge in [-0.3, -0.25) is 4.79 Å². The molecule has 2 aromatic heterocycles. The monoisotopic (exact) mass is 460 g/mol. The van der Waals surface area contributed by atoms with Crippen LogP contribution >= 0.6 is 11.5 Å². The Morgan fingerprint density at radius 2 is 1.97 bits per heavy atom. The van der Waals surface area contributed by atoms with Crippen molar-refractivity contribution in [3.05, 3.63) is 89.0 Å². The number of hydrogen-bond donors (Lipinski definition) is 2. The highest BCUT2D eigenvalue weighted by atomic mass is 32.1. The smallest absolute Gasteiger partial charge is 0.274 e. The van der Waals surface area contributed by atoms with E-state index in [1.807, 2.05) is 25.1 Å². The Kier molecular flexibility index (Phi) is 5.51. The predicted octanol–water partition coefficient (Wildman–Crippen LogP) is 5.17. The molecule has 0 aliphatic carbocycles. The molecule has 3 heterocycles. The Hall–Kier alpha value is -3.78. The molecular formula is C25H21FN4O2S. The Morgan fingerprint density at radius 1 is 1.15 bits per heavy atom. The highest BCUT2D eigenvalue weighted by molar-refractivity contribution is 7.11. The minimum atomic E-state index is -0.387. The summed E-state index contributed by atoms with van der Waals surface area (Å²) < 4.78 is 18.7. The maximum Gasteiger partial charge on any atom is 0.274 e. The molecule has 0 fully saturated rings. The van der Waals surface area contributed by atoms with Crippen LogP contribution in [0.2, 0.25) is 0 Å². The van der Waals surface area contributed by atoms with Gasteiger partial charge in [0, 0.05) is 24.2 Å². The second kappa shape index (κ2) is 8.63. The van der Waals surface area contributed by atoms with Crippen molar-refractivity contribution >= 4 is 28.1 Å². The molecule has 0 atom stereocenters. The summed E-state index contributed by atoms with van der Waals surface area (Å²) >= 11 is 1.30. The van der Waals surface area contributed by atoms with E-state index < -0.39 is 0 Å². The lowest BCUT2D eigenvalue weighted by Crippen LogP contribution is -2.30. The quantitative estimate of drug-likeness (QED) is 0.439. The average Bonchev–Trinajstić information content (AvgIpc) is 3.27. The fourth-order valence-corrected chi connectivity index (χ4v) is 4.88. The minimum Gasteiger partial charge on any atom is -0.508 e. The molecule has 6 nitrogen and oxygen atoms in total. The van der Waals surface area contributed by atoms with Crippen LogP contribution in [0.5, 0.6) is 5.75 Å². The van der Waals surface area contributed by atoms with Gasteiger partial charge in [0.1, 0.15) is 22.3 Å². The number of phenolic OH excluding ortho intramolecular Hbond substituents is 1. The molecule has 0 bridgehead atoms. The summed E-state index contributed by atoms with van der Waals surface area (Å²) in [6, 6.07) is 15.4. The summed E-state index contributed by atoms with van der Waals surface area (Å²) in [4.78, 5) is 19.6. The molecule has 2 aromatic carbocycles. The Balaban J connectivity index is 1.38. The van der Waals surface area contributed by atoms with Crippen molar-refractivity contribution in [3.63, 3.8) is 0 Å². The number of benzene rings is 2. The van der Waals surface area contributed by atoms with Gasteiger partial charge in [-0.05, 0) is 60.3 Å². The van der Waals surface area contributed by atoms with Crippen molar-refractivity contribution < 1.29 is 14.3 Å². The Morgan fingerprint density at radius 3 is 2.82 bits per heavy atom. The predicted molar refractivity (Wildman–Crippen MR) is 127 cm³/mol. The lowest BCUT2D eigenvalue weighted by molar-refractivity contribution is 0.102. The van der Waals surface area contributed by atoms with E-state index >= 15 is 0 Å². The van der Waals surface area contributed by atoms with Crippen molar-refractivity contribution in [2.45, 2.75) is 19.9 Å². The first-order valence-corrected chi connectivity index (χ1v) is 11.3. The van der Waals surface area contributed by atoms with Crippen LogP contribution in [-0.4, -0.2) is 26.9 Å². The number of amides is 1. The molecule has 2 N–H and O–H groups in total. The van der Waals surface area contributed by atoms with Crippen molar-refractivity contribution in [3.8, 4) is 17.0 Å². The molecule has 8 heteroatoms. The van der Waals surface area contributed by atoms with E-state index in [2.05, 4.69) is 19.6 Å². The third-order valence-corrected chi connectivity index (χ3v) is 6.65. The van der Waals surface area contributed by atoms with Crippen molar-refractivity contribution in [2.75, 3.05) is 16.8 Å². The van der Waals surface area contributed by atoms with Crippen LogP contribution in [-0.2, 0) is 13.0 Å². The average molecular weight is 461 g/mol. The van der Waals surface area contributed by atoms with Gasteiger partial charge in [-0.25, -0.2) is 9.37 Å². The molecule has 0 spiro atoms. The first-order chi connectivity index (χ1) is 16.0. The SMILES string of the molecule is Cc1cccc(F)c1-c1cccc(C(=O)Nc2cnsc2N2CCc3c(O)cccc3C2)n1. The van der Waals surface area contributed by atoms with Crippen LogP contribution in [0.3, 0.4) is 0 Å². The number of fused-ring (bicyclic) bond motifs is 1. The molecule has 1 amide bonds. The minimum absolute atomic E-state index is 0.196. The van der Waals surface area contributed by atoms with Gasteiger partial charge >= 0.3 is 0 Å². The summed E-state index contributed by atoms with van der Waals surface area (Å²) in [5, 5.41) is 13.9. The molecule has 4 aromatic rings. The number of halogens is 1. The third-order valence-electron chi connectivity index (χ3n) is 5.79. The van der Waals surface area contributed by atoms with Crippen molar-refractivity contribution in [1.29, 1.82) is 0 Å². The molecule has 0 saturated heterocycles. The molecule has 0 unspecified atom stereocenters. The van der Waals surface area contributed by atoms with Crippen LogP contribution in [0.25, 0.3) is 11.3 Å². The fraction of sp³-hybridized carbons (Fsp3) is 0.160. The number of carbonyl (C=O) groups is 1. The lowest BCUT2D eigenvalue weighted by atomic mass is 9.99. The summed E-state index contributed by atoms with van der Waals surface area (Å²) in [7, 11) is 0. The summed E-state index contributed by atoms with van der Waals surface area (Å²) in [6.45, 7) is 3.14. The normalized spacial score (nSPS) is 13.0. The molecule has 166 valence electrons. The number of pyridine rings is 1. The number of rotatable bonds is 4. The number of carbonyl (C=O) groups excluding carboxylic acids is 1. The first kappa shape index (κ1) is 21.1. The van der Waals surface area contributed by atoms with E-state index in [4.69, 9.17) is 0 Å². The van der Waals surface area contributed by atoms with Gasteiger partial charge < -0.3 is 15.3 Å². The summed E-state index contributed by atoms with van der Waals surface area (Å²) in [6.07, 6.45) is 2.33. The molecule has 33 heavy (non-hydrogen) atoms. The summed E-state index contributed by atoms with van der Waals surface area (Å²) in [5.41, 5.74) is 4.37. The van der Waals surface area contributed by atoms with Crippen LogP contribution < -0.4 is 10.2 Å². The molecule has 0 radical (unpaired) electrons. The maximum atomic E-state index is 14.4. The Bertz CT molecular complexity index is 1330. The Labute approximate surface area is 194 Å². The number of phenols is 1. The number of aryl methyl sites for hydroxylation is 1. The van der Waals surface area contributed by atoms with E-state index in [0.29, 0.717) is 42.2 Å². The highest BCUT2D eigenvalue weighted by Crippen LogP contribution is 2.36.